The van der Waals surface area contributed by atoms with Gasteiger partial charge in [0.25, 0.3) is 5.69 Å². The molecule has 1 aromatic heterocycles. The predicted molar refractivity (Wildman–Crippen MR) is 150 cm³/mol. The first kappa shape index (κ1) is 27.7. The fourth-order valence-corrected chi connectivity index (χ4v) is 5.23. The predicted octanol–water partition coefficient (Wildman–Crippen LogP) is 5.38. The molecule has 3 aromatic rings. The molecule has 39 heavy (non-hydrogen) atoms. The second-order valence-electron chi connectivity index (χ2n) is 10.1. The van der Waals surface area contributed by atoms with Crippen molar-refractivity contribution in [3.63, 3.8) is 0 Å². The van der Waals surface area contributed by atoms with Crippen LogP contribution in [0.3, 0.4) is 0 Å². The molecule has 0 bridgehead atoms. The van der Waals surface area contributed by atoms with E-state index in [1.54, 1.807) is 0 Å². The number of carbonyl (C=O) groups is 1. The van der Waals surface area contributed by atoms with Crippen molar-refractivity contribution >= 4 is 34.2 Å². The Kier molecular flexibility index (Phi) is 8.58. The number of methoxy groups -OCH3 is 2. The number of para-hydroxylation sites is 1. The molecule has 0 aliphatic heterocycles. The van der Waals surface area contributed by atoms with E-state index in [-0.39, 0.29) is 35.5 Å². The van der Waals surface area contributed by atoms with Gasteiger partial charge in [0.05, 0.1) is 42.8 Å². The van der Waals surface area contributed by atoms with E-state index in [0.717, 1.165) is 48.1 Å². The van der Waals surface area contributed by atoms with Crippen molar-refractivity contribution in [3.8, 4) is 11.5 Å². The number of nitrogens with one attached hydrogen (secondary N) is 1. The monoisotopic (exact) mass is 537 g/mol. The lowest BCUT2D eigenvalue weighted by Gasteiger charge is -2.32. The number of nitro benzene ring substituents is 1. The first-order chi connectivity index (χ1) is 18.7. The number of hydrogen-bond donors (Lipinski definition) is 2. The van der Waals surface area contributed by atoms with E-state index >= 15 is 0 Å². The summed E-state index contributed by atoms with van der Waals surface area (Å²) in [6.45, 7) is 0.186. The summed E-state index contributed by atoms with van der Waals surface area (Å²) in [6.07, 6.45) is 2.31. The Hall–Kier alpha value is -4.28. The first-order valence-corrected chi connectivity index (χ1v) is 12.9. The van der Waals surface area contributed by atoms with Crippen LogP contribution >= 0.6 is 0 Å². The van der Waals surface area contributed by atoms with Crippen LogP contribution < -0.4 is 19.7 Å². The van der Waals surface area contributed by atoms with Gasteiger partial charge in [0, 0.05) is 43.8 Å². The zero-order valence-corrected chi connectivity index (χ0v) is 22.7. The highest BCUT2D eigenvalue weighted by atomic mass is 16.6. The molecule has 1 amide bonds. The molecule has 0 atom stereocenters. The highest BCUT2D eigenvalue weighted by Gasteiger charge is 2.28. The van der Waals surface area contributed by atoms with Gasteiger partial charge in [-0.1, -0.05) is 18.2 Å². The lowest BCUT2D eigenvalue weighted by atomic mass is 9.85. The summed E-state index contributed by atoms with van der Waals surface area (Å²) in [5.41, 5.74) is 2.08. The summed E-state index contributed by atoms with van der Waals surface area (Å²) >= 11 is 0. The van der Waals surface area contributed by atoms with Crippen molar-refractivity contribution in [1.82, 2.24) is 9.88 Å². The topological polar surface area (TPSA) is 130 Å². The smallest absolute Gasteiger partial charge is 0.407 e. The molecule has 1 fully saturated rings. The number of nitrogens with zero attached hydrogens (tertiary/aromatic N) is 4. The summed E-state index contributed by atoms with van der Waals surface area (Å²) < 4.78 is 10.5. The normalized spacial score (nSPS) is 16.9. The van der Waals surface area contributed by atoms with Gasteiger partial charge in [-0.3, -0.25) is 10.1 Å². The van der Waals surface area contributed by atoms with Crippen LogP contribution in [-0.2, 0) is 6.54 Å². The average molecular weight is 538 g/mol. The van der Waals surface area contributed by atoms with E-state index in [4.69, 9.17) is 14.5 Å². The molecule has 0 spiro atoms. The molecular weight excluding hydrogens is 502 g/mol. The molecule has 1 heterocycles. The minimum absolute atomic E-state index is 0.113. The second kappa shape index (κ2) is 12.1. The van der Waals surface area contributed by atoms with Gasteiger partial charge in [-0.15, -0.1) is 0 Å². The molecular formula is C28H35N5O6. The van der Waals surface area contributed by atoms with Gasteiger partial charge in [0.15, 0.2) is 11.5 Å². The fourth-order valence-electron chi connectivity index (χ4n) is 5.23. The van der Waals surface area contributed by atoms with Crippen LogP contribution in [0, 0.1) is 16.0 Å². The van der Waals surface area contributed by atoms with Gasteiger partial charge in [0.2, 0.25) is 0 Å². The molecule has 2 aromatic carbocycles. The number of nitro groups is 1. The number of anilines is 2. The molecule has 1 saturated carbocycles. The van der Waals surface area contributed by atoms with Crippen LogP contribution in [0.4, 0.5) is 22.0 Å². The lowest BCUT2D eigenvalue weighted by Crippen LogP contribution is -2.37. The quantitative estimate of drug-likeness (QED) is 0.259. The van der Waals surface area contributed by atoms with Gasteiger partial charge in [-0.2, -0.15) is 0 Å². The number of hydrogen-bond acceptors (Lipinski definition) is 8. The number of benzene rings is 2. The molecule has 1 aliphatic carbocycles. The molecule has 11 heteroatoms. The van der Waals surface area contributed by atoms with Crippen LogP contribution in [0.25, 0.3) is 10.9 Å². The van der Waals surface area contributed by atoms with Crippen LogP contribution in [0.2, 0.25) is 0 Å². The second-order valence-corrected chi connectivity index (χ2v) is 10.1. The number of aromatic nitrogens is 1. The van der Waals surface area contributed by atoms with Gasteiger partial charge < -0.3 is 29.7 Å². The van der Waals surface area contributed by atoms with Gasteiger partial charge >= 0.3 is 6.09 Å². The minimum Gasteiger partial charge on any atom is -0.493 e. The molecule has 208 valence electrons. The van der Waals surface area contributed by atoms with Crippen molar-refractivity contribution in [1.29, 1.82) is 0 Å². The van der Waals surface area contributed by atoms with Crippen LogP contribution in [-0.4, -0.2) is 66.9 Å². The Morgan fingerprint density at radius 3 is 2.38 bits per heavy atom. The van der Waals surface area contributed by atoms with E-state index in [0.29, 0.717) is 12.3 Å². The third-order valence-electron chi connectivity index (χ3n) is 7.27. The maximum absolute atomic E-state index is 12.1. The molecule has 0 radical (unpaired) electrons. The Bertz CT molecular complexity index is 1340. The summed E-state index contributed by atoms with van der Waals surface area (Å²) in [5, 5.41) is 26.3. The summed E-state index contributed by atoms with van der Waals surface area (Å²) in [5.74, 6) is 1.52. The van der Waals surface area contributed by atoms with Crippen molar-refractivity contribution in [2.75, 3.05) is 45.1 Å². The van der Waals surface area contributed by atoms with Crippen molar-refractivity contribution in [2.45, 2.75) is 38.3 Å². The number of fused-ring (bicyclic) bond motifs is 1. The number of amides is 1. The van der Waals surface area contributed by atoms with Crippen LogP contribution in [0.15, 0.2) is 42.5 Å². The maximum atomic E-state index is 12.1. The lowest BCUT2D eigenvalue weighted by molar-refractivity contribution is -0.385. The van der Waals surface area contributed by atoms with E-state index < -0.39 is 11.0 Å². The summed E-state index contributed by atoms with van der Waals surface area (Å²) in [7, 11) is 6.86. The number of ether oxygens (including phenoxy) is 2. The minimum atomic E-state index is -1.11. The number of carboxylic acid groups (broad SMARTS) is 1. The molecule has 0 saturated heterocycles. The highest BCUT2D eigenvalue weighted by Crippen LogP contribution is 2.36. The Morgan fingerprint density at radius 1 is 1.10 bits per heavy atom. The van der Waals surface area contributed by atoms with Crippen LogP contribution in [0.5, 0.6) is 11.5 Å². The Labute approximate surface area is 227 Å². The highest BCUT2D eigenvalue weighted by molar-refractivity contribution is 5.93. The summed E-state index contributed by atoms with van der Waals surface area (Å²) in [4.78, 5) is 31.4. The zero-order valence-electron chi connectivity index (χ0n) is 22.7. The zero-order chi connectivity index (χ0) is 28.1. The molecule has 1 aliphatic rings. The SMILES string of the molecule is COc1cc(CN(C[C@H]2CC[C@@H](Nc3cc(N(C)C)c4ccccc4n3)CC2)C(=O)O)c([N+](=O)[O-])cc1OC. The Balaban J connectivity index is 1.42. The van der Waals surface area contributed by atoms with Crippen LogP contribution in [0.1, 0.15) is 31.2 Å². The molecule has 2 N–H and O–H groups in total. The number of pyridine rings is 1. The maximum Gasteiger partial charge on any atom is 0.407 e. The van der Waals surface area contributed by atoms with E-state index in [9.17, 15) is 20.0 Å². The van der Waals surface area contributed by atoms with E-state index in [2.05, 4.69) is 22.3 Å². The van der Waals surface area contributed by atoms with Gasteiger partial charge in [-0.25, -0.2) is 9.78 Å². The Morgan fingerprint density at radius 2 is 1.77 bits per heavy atom. The van der Waals surface area contributed by atoms with Gasteiger partial charge in [-0.05, 0) is 43.7 Å². The average Bonchev–Trinajstić information content (AvgIpc) is 2.92. The molecule has 11 nitrogen and oxygen atoms in total. The van der Waals surface area contributed by atoms with Crippen molar-refractivity contribution in [3.05, 3.63) is 58.1 Å². The van der Waals surface area contributed by atoms with Crippen molar-refractivity contribution < 1.29 is 24.3 Å². The van der Waals surface area contributed by atoms with Crippen molar-refractivity contribution in [2.24, 2.45) is 5.92 Å². The molecule has 0 unspecified atom stereocenters. The third kappa shape index (κ3) is 6.42. The van der Waals surface area contributed by atoms with Gasteiger partial charge in [0.1, 0.15) is 5.82 Å². The first-order valence-electron chi connectivity index (χ1n) is 12.9. The molecule has 4 rings (SSSR count). The number of rotatable bonds is 10. The largest absolute Gasteiger partial charge is 0.493 e. The summed E-state index contributed by atoms with van der Waals surface area (Å²) in [6, 6.07) is 13.1. The standard InChI is InChI=1S/C28H35N5O6/c1-31(2)24-15-27(30-22-8-6-5-7-21(22)24)29-20-11-9-18(10-12-20)16-32(28(34)35)17-19-13-25(38-3)26(39-4)14-23(19)33(36)37/h5-8,13-15,18,20H,9-12,16-17H2,1-4H3,(H,29,30)(H,34,35)/t18-,20+. The van der Waals surface area contributed by atoms with E-state index in [1.807, 2.05) is 32.3 Å². The third-order valence-corrected chi connectivity index (χ3v) is 7.27. The van der Waals surface area contributed by atoms with E-state index in [1.165, 1.54) is 31.3 Å². The fraction of sp³-hybridized carbons (Fsp3) is 0.429.